The Morgan fingerprint density at radius 3 is 2.81 bits per heavy atom. The molecular formula is C16H16N4S. The van der Waals surface area contributed by atoms with E-state index in [4.69, 9.17) is 11.1 Å². The number of nitrogens with one attached hydrogen (secondary N) is 1. The molecule has 0 amide bonds. The number of thiophene rings is 1. The molecule has 4 nitrogen and oxygen atoms in total. The molecule has 2 aromatic heterocycles. The van der Waals surface area contributed by atoms with Gasteiger partial charge >= 0.3 is 0 Å². The van der Waals surface area contributed by atoms with Crippen molar-refractivity contribution in [3.05, 3.63) is 58.4 Å². The summed E-state index contributed by atoms with van der Waals surface area (Å²) in [6.45, 7) is 0.784. The molecule has 1 aromatic carbocycles. The summed E-state index contributed by atoms with van der Waals surface area (Å²) in [5.41, 5.74) is 8.28. The Morgan fingerprint density at radius 1 is 1.29 bits per heavy atom. The maximum absolute atomic E-state index is 7.81. The van der Waals surface area contributed by atoms with Crippen LogP contribution in [0.3, 0.4) is 0 Å². The number of nitrogens with zero attached hydrogens (tertiary/aromatic N) is 2. The van der Waals surface area contributed by atoms with E-state index in [2.05, 4.69) is 21.3 Å². The maximum Gasteiger partial charge on any atom is 0.126 e. The molecule has 0 fully saturated rings. The van der Waals surface area contributed by atoms with Gasteiger partial charge in [-0.15, -0.1) is 11.3 Å². The van der Waals surface area contributed by atoms with Gasteiger partial charge in [0.2, 0.25) is 0 Å². The summed E-state index contributed by atoms with van der Waals surface area (Å²) in [5.74, 6) is 0.0429. The second-order valence-electron chi connectivity index (χ2n) is 4.89. The lowest BCUT2D eigenvalue weighted by Gasteiger charge is -2.23. The van der Waals surface area contributed by atoms with Crippen molar-refractivity contribution in [2.45, 2.75) is 6.54 Å². The van der Waals surface area contributed by atoms with Crippen LogP contribution in [-0.2, 0) is 6.54 Å². The van der Waals surface area contributed by atoms with E-state index in [1.54, 1.807) is 17.5 Å². The lowest BCUT2D eigenvalue weighted by Crippen LogP contribution is -2.22. The van der Waals surface area contributed by atoms with Crippen LogP contribution in [0.4, 0.5) is 5.69 Å². The van der Waals surface area contributed by atoms with E-state index in [9.17, 15) is 0 Å². The van der Waals surface area contributed by atoms with Crippen LogP contribution in [0.1, 0.15) is 10.4 Å². The minimum Gasteiger partial charge on any atom is -0.384 e. The number of fused-ring (bicyclic) bond motifs is 1. The van der Waals surface area contributed by atoms with Gasteiger partial charge in [0, 0.05) is 23.5 Å². The number of rotatable bonds is 4. The number of benzene rings is 1. The number of nitrogens with two attached hydrogens (primary N) is 1. The Labute approximate surface area is 127 Å². The van der Waals surface area contributed by atoms with Crippen LogP contribution >= 0.6 is 11.3 Å². The smallest absolute Gasteiger partial charge is 0.126 e. The Balaban J connectivity index is 2.13. The molecule has 0 saturated heterocycles. The Hall–Kier alpha value is -2.40. The minimum atomic E-state index is 0.0429. The number of para-hydroxylation sites is 1. The number of aromatic nitrogens is 1. The van der Waals surface area contributed by atoms with Gasteiger partial charge in [-0.05, 0) is 17.5 Å². The van der Waals surface area contributed by atoms with Gasteiger partial charge in [0.1, 0.15) is 5.84 Å². The van der Waals surface area contributed by atoms with E-state index in [0.29, 0.717) is 5.56 Å². The van der Waals surface area contributed by atoms with Crippen LogP contribution < -0.4 is 10.6 Å². The molecular weight excluding hydrogens is 280 g/mol. The topological polar surface area (TPSA) is 66.0 Å². The largest absolute Gasteiger partial charge is 0.384 e. The van der Waals surface area contributed by atoms with E-state index in [1.165, 1.54) is 4.88 Å². The maximum atomic E-state index is 7.81. The SMILES string of the molecule is CN(Cc1cccs1)c1c(C(=N)N)cnc2ccccc12. The zero-order valence-electron chi connectivity index (χ0n) is 11.7. The van der Waals surface area contributed by atoms with E-state index >= 15 is 0 Å². The average molecular weight is 296 g/mol. The molecule has 0 saturated carbocycles. The molecule has 3 rings (SSSR count). The Kier molecular flexibility index (Phi) is 3.58. The molecule has 3 aromatic rings. The second kappa shape index (κ2) is 5.54. The molecule has 0 aliphatic heterocycles. The van der Waals surface area contributed by atoms with Crippen LogP contribution in [0.2, 0.25) is 0 Å². The van der Waals surface area contributed by atoms with Crippen LogP contribution in [0.15, 0.2) is 48.0 Å². The molecule has 0 radical (unpaired) electrons. The highest BCUT2D eigenvalue weighted by molar-refractivity contribution is 7.09. The highest BCUT2D eigenvalue weighted by Gasteiger charge is 2.15. The fraction of sp³-hybridized carbons (Fsp3) is 0.125. The third-order valence-corrected chi connectivity index (χ3v) is 4.25. The predicted octanol–water partition coefficient (Wildman–Crippen LogP) is 3.22. The molecule has 0 unspecified atom stereocenters. The molecule has 0 atom stereocenters. The molecule has 2 heterocycles. The predicted molar refractivity (Wildman–Crippen MR) is 89.2 cm³/mol. The average Bonchev–Trinajstić information content (AvgIpc) is 2.98. The zero-order valence-corrected chi connectivity index (χ0v) is 12.5. The number of hydrogen-bond acceptors (Lipinski definition) is 4. The van der Waals surface area contributed by atoms with E-state index in [0.717, 1.165) is 23.1 Å². The molecule has 106 valence electrons. The van der Waals surface area contributed by atoms with Crippen molar-refractivity contribution in [2.75, 3.05) is 11.9 Å². The third-order valence-electron chi connectivity index (χ3n) is 3.39. The van der Waals surface area contributed by atoms with Crippen molar-refractivity contribution in [3.8, 4) is 0 Å². The number of pyridine rings is 1. The Bertz CT molecular complexity index is 780. The van der Waals surface area contributed by atoms with Gasteiger partial charge < -0.3 is 10.6 Å². The highest BCUT2D eigenvalue weighted by atomic mass is 32.1. The van der Waals surface area contributed by atoms with Gasteiger partial charge in [0.05, 0.1) is 23.3 Å². The fourth-order valence-electron chi connectivity index (χ4n) is 2.45. The lowest BCUT2D eigenvalue weighted by atomic mass is 10.1. The van der Waals surface area contributed by atoms with E-state index in [1.807, 2.05) is 37.4 Å². The highest BCUT2D eigenvalue weighted by Crippen LogP contribution is 2.30. The van der Waals surface area contributed by atoms with Crippen LogP contribution in [0.5, 0.6) is 0 Å². The van der Waals surface area contributed by atoms with Crippen LogP contribution in [-0.4, -0.2) is 17.9 Å². The number of amidine groups is 1. The van der Waals surface area contributed by atoms with Gasteiger partial charge in [-0.1, -0.05) is 24.3 Å². The van der Waals surface area contributed by atoms with Gasteiger partial charge in [0.25, 0.3) is 0 Å². The first-order valence-corrected chi connectivity index (χ1v) is 7.50. The van der Waals surface area contributed by atoms with Gasteiger partial charge in [-0.2, -0.15) is 0 Å². The van der Waals surface area contributed by atoms with Crippen molar-refractivity contribution in [2.24, 2.45) is 5.73 Å². The number of nitrogen functional groups attached to an aromatic ring is 1. The summed E-state index contributed by atoms with van der Waals surface area (Å²) in [6.07, 6.45) is 1.69. The molecule has 5 heteroatoms. The number of hydrogen-bond donors (Lipinski definition) is 2. The molecule has 0 aliphatic carbocycles. The van der Waals surface area contributed by atoms with E-state index < -0.39 is 0 Å². The molecule has 0 spiro atoms. The Morgan fingerprint density at radius 2 is 2.10 bits per heavy atom. The first-order valence-electron chi connectivity index (χ1n) is 6.62. The monoisotopic (exact) mass is 296 g/mol. The molecule has 0 aliphatic rings. The van der Waals surface area contributed by atoms with Crippen LogP contribution in [0.25, 0.3) is 10.9 Å². The van der Waals surface area contributed by atoms with Gasteiger partial charge in [-0.3, -0.25) is 10.4 Å². The van der Waals surface area contributed by atoms with Gasteiger partial charge in [-0.25, -0.2) is 0 Å². The number of anilines is 1. The summed E-state index contributed by atoms with van der Waals surface area (Å²) in [5, 5.41) is 10.9. The summed E-state index contributed by atoms with van der Waals surface area (Å²) < 4.78 is 0. The van der Waals surface area contributed by atoms with Crippen molar-refractivity contribution in [1.29, 1.82) is 5.41 Å². The van der Waals surface area contributed by atoms with Crippen molar-refractivity contribution < 1.29 is 0 Å². The van der Waals surface area contributed by atoms with E-state index in [-0.39, 0.29) is 5.84 Å². The quantitative estimate of drug-likeness (QED) is 0.574. The molecule has 3 N–H and O–H groups in total. The minimum absolute atomic E-state index is 0.0429. The second-order valence-corrected chi connectivity index (χ2v) is 5.92. The van der Waals surface area contributed by atoms with Crippen LogP contribution in [0, 0.1) is 5.41 Å². The summed E-state index contributed by atoms with van der Waals surface area (Å²) >= 11 is 1.72. The van der Waals surface area contributed by atoms with Crippen molar-refractivity contribution in [3.63, 3.8) is 0 Å². The third kappa shape index (κ3) is 2.60. The van der Waals surface area contributed by atoms with Gasteiger partial charge in [0.15, 0.2) is 0 Å². The lowest BCUT2D eigenvalue weighted by molar-refractivity contribution is 0.942. The standard InChI is InChI=1S/C16H16N4S/c1-20(10-11-5-4-8-21-11)15-12-6-2-3-7-14(12)19-9-13(15)16(17)18/h2-9H,10H2,1H3,(H3,17,18). The first-order chi connectivity index (χ1) is 10.2. The fourth-order valence-corrected chi connectivity index (χ4v) is 3.21. The summed E-state index contributed by atoms with van der Waals surface area (Å²) in [6, 6.07) is 12.1. The summed E-state index contributed by atoms with van der Waals surface area (Å²) in [4.78, 5) is 7.80. The zero-order chi connectivity index (χ0) is 14.8. The molecule has 0 bridgehead atoms. The normalized spacial score (nSPS) is 10.7. The van der Waals surface area contributed by atoms with Crippen molar-refractivity contribution in [1.82, 2.24) is 4.98 Å². The first kappa shape index (κ1) is 13.6. The van der Waals surface area contributed by atoms with Crippen molar-refractivity contribution >= 4 is 33.8 Å². The molecule has 21 heavy (non-hydrogen) atoms. The summed E-state index contributed by atoms with van der Waals surface area (Å²) in [7, 11) is 2.02.